The molecule has 0 radical (unpaired) electrons. The van der Waals surface area contributed by atoms with E-state index in [1.807, 2.05) is 4.90 Å². The fourth-order valence-corrected chi connectivity index (χ4v) is 3.38. The molecule has 2 aliphatic rings. The van der Waals surface area contributed by atoms with Crippen LogP contribution in [0.3, 0.4) is 0 Å². The lowest BCUT2D eigenvalue weighted by atomic mass is 10.1. The lowest BCUT2D eigenvalue weighted by Crippen LogP contribution is -2.46. The van der Waals surface area contributed by atoms with Gasteiger partial charge in [0.25, 0.3) is 0 Å². The zero-order valence-electron chi connectivity index (χ0n) is 15.1. The molecule has 1 aliphatic heterocycles. The fourth-order valence-electron chi connectivity index (χ4n) is 3.38. The zero-order chi connectivity index (χ0) is 17.2. The second-order valence-electron chi connectivity index (χ2n) is 6.50. The molecule has 7 heteroatoms. The van der Waals surface area contributed by atoms with Crippen molar-refractivity contribution in [2.75, 3.05) is 53.6 Å². The van der Waals surface area contributed by atoms with Gasteiger partial charge in [0.15, 0.2) is 5.96 Å². The van der Waals surface area contributed by atoms with E-state index in [9.17, 15) is 4.79 Å². The first-order valence-electron chi connectivity index (χ1n) is 9.07. The van der Waals surface area contributed by atoms with E-state index in [-0.39, 0.29) is 12.0 Å². The molecule has 2 N–H and O–H groups in total. The van der Waals surface area contributed by atoms with Crippen molar-refractivity contribution in [2.45, 2.75) is 38.1 Å². The first-order valence-corrected chi connectivity index (χ1v) is 9.07. The van der Waals surface area contributed by atoms with Crippen molar-refractivity contribution in [1.82, 2.24) is 15.5 Å². The smallest absolute Gasteiger partial charge is 0.225 e. The van der Waals surface area contributed by atoms with E-state index >= 15 is 0 Å². The van der Waals surface area contributed by atoms with E-state index in [1.54, 1.807) is 14.2 Å². The number of likely N-dealkylation sites (tertiary alicyclic amines) is 1. The monoisotopic (exact) mass is 340 g/mol. The first kappa shape index (κ1) is 19.0. The highest BCUT2D eigenvalue weighted by Crippen LogP contribution is 2.27. The van der Waals surface area contributed by atoms with Gasteiger partial charge in [0.2, 0.25) is 5.91 Å². The predicted octanol–water partition coefficient (Wildman–Crippen LogP) is 0.606. The topological polar surface area (TPSA) is 75.2 Å². The molecule has 7 nitrogen and oxygen atoms in total. The minimum absolute atomic E-state index is 0.269. The SMILES string of the molecule is CN=C(NCCOCCOC)NC1CCN(C(=O)C2CCCC2)C1. The van der Waals surface area contributed by atoms with Crippen molar-refractivity contribution in [2.24, 2.45) is 10.9 Å². The van der Waals surface area contributed by atoms with Crippen molar-refractivity contribution < 1.29 is 14.3 Å². The van der Waals surface area contributed by atoms with Crippen LogP contribution >= 0.6 is 0 Å². The highest BCUT2D eigenvalue weighted by atomic mass is 16.5. The van der Waals surface area contributed by atoms with Gasteiger partial charge in [0, 0.05) is 45.8 Å². The van der Waals surface area contributed by atoms with Crippen LogP contribution in [0.2, 0.25) is 0 Å². The molecule has 2 fully saturated rings. The van der Waals surface area contributed by atoms with E-state index in [1.165, 1.54) is 12.8 Å². The Morgan fingerprint density at radius 1 is 1.21 bits per heavy atom. The fraction of sp³-hybridized carbons (Fsp3) is 0.882. The summed E-state index contributed by atoms with van der Waals surface area (Å²) < 4.78 is 10.4. The number of aliphatic imine (C=N–C) groups is 1. The molecule has 24 heavy (non-hydrogen) atoms. The summed E-state index contributed by atoms with van der Waals surface area (Å²) in [6.07, 6.45) is 5.52. The minimum atomic E-state index is 0.269. The minimum Gasteiger partial charge on any atom is -0.382 e. The number of hydrogen-bond acceptors (Lipinski definition) is 4. The molecule has 1 saturated heterocycles. The third kappa shape index (κ3) is 5.94. The molecular weight excluding hydrogens is 308 g/mol. The van der Waals surface area contributed by atoms with Crippen molar-refractivity contribution in [1.29, 1.82) is 0 Å². The number of methoxy groups -OCH3 is 1. The van der Waals surface area contributed by atoms with Crippen LogP contribution in [-0.2, 0) is 14.3 Å². The normalized spacial score (nSPS) is 22.2. The Bertz CT molecular complexity index is 411. The van der Waals surface area contributed by atoms with Gasteiger partial charge in [-0.05, 0) is 19.3 Å². The number of nitrogens with one attached hydrogen (secondary N) is 2. The van der Waals surface area contributed by atoms with Crippen LogP contribution in [0.5, 0.6) is 0 Å². The molecule has 1 amide bonds. The third-order valence-corrected chi connectivity index (χ3v) is 4.74. The van der Waals surface area contributed by atoms with Gasteiger partial charge in [-0.3, -0.25) is 9.79 Å². The number of carbonyl (C=O) groups is 1. The molecule has 0 spiro atoms. The summed E-state index contributed by atoms with van der Waals surface area (Å²) in [6.45, 7) is 4.15. The van der Waals surface area contributed by atoms with Crippen molar-refractivity contribution >= 4 is 11.9 Å². The molecule has 2 rings (SSSR count). The van der Waals surface area contributed by atoms with Gasteiger partial charge in [-0.25, -0.2) is 0 Å². The molecule has 0 aromatic carbocycles. The Morgan fingerprint density at radius 3 is 2.71 bits per heavy atom. The van der Waals surface area contributed by atoms with Gasteiger partial charge >= 0.3 is 0 Å². The zero-order valence-corrected chi connectivity index (χ0v) is 15.1. The molecule has 1 heterocycles. The van der Waals surface area contributed by atoms with Crippen LogP contribution in [0.25, 0.3) is 0 Å². The van der Waals surface area contributed by atoms with Crippen LogP contribution < -0.4 is 10.6 Å². The van der Waals surface area contributed by atoms with Crippen LogP contribution in [0.15, 0.2) is 4.99 Å². The van der Waals surface area contributed by atoms with Crippen LogP contribution in [0, 0.1) is 5.92 Å². The second-order valence-corrected chi connectivity index (χ2v) is 6.50. The summed E-state index contributed by atoms with van der Waals surface area (Å²) in [4.78, 5) is 18.7. The maximum atomic E-state index is 12.5. The van der Waals surface area contributed by atoms with Crippen molar-refractivity contribution in [3.8, 4) is 0 Å². The van der Waals surface area contributed by atoms with Gasteiger partial charge in [-0.15, -0.1) is 0 Å². The number of guanidine groups is 1. The van der Waals surface area contributed by atoms with E-state index in [0.717, 1.165) is 38.3 Å². The lowest BCUT2D eigenvalue weighted by molar-refractivity contribution is -0.134. The highest BCUT2D eigenvalue weighted by Gasteiger charge is 2.32. The molecular formula is C17H32N4O3. The third-order valence-electron chi connectivity index (χ3n) is 4.74. The Hall–Kier alpha value is -1.34. The van der Waals surface area contributed by atoms with Gasteiger partial charge in [0.05, 0.1) is 19.8 Å². The van der Waals surface area contributed by atoms with Gasteiger partial charge in [-0.1, -0.05) is 12.8 Å². The average Bonchev–Trinajstić information content (AvgIpc) is 3.28. The molecule has 0 bridgehead atoms. The van der Waals surface area contributed by atoms with Gasteiger partial charge in [-0.2, -0.15) is 0 Å². The summed E-state index contributed by atoms with van der Waals surface area (Å²) in [7, 11) is 3.42. The second kappa shape index (κ2) is 10.5. The van der Waals surface area contributed by atoms with Crippen LogP contribution in [-0.4, -0.2) is 76.4 Å². The standard InChI is InChI=1S/C17H32N4O3/c1-18-17(19-8-10-24-12-11-23-2)20-15-7-9-21(13-15)16(22)14-5-3-4-6-14/h14-15H,3-13H2,1-2H3,(H2,18,19,20). The number of rotatable bonds is 8. The summed E-state index contributed by atoms with van der Waals surface area (Å²) >= 11 is 0. The van der Waals surface area contributed by atoms with Crippen LogP contribution in [0.1, 0.15) is 32.1 Å². The van der Waals surface area contributed by atoms with E-state index in [2.05, 4.69) is 15.6 Å². The first-order chi connectivity index (χ1) is 11.7. The molecule has 0 aromatic heterocycles. The summed E-state index contributed by atoms with van der Waals surface area (Å²) in [6, 6.07) is 0.274. The maximum Gasteiger partial charge on any atom is 0.225 e. The van der Waals surface area contributed by atoms with Crippen LogP contribution in [0.4, 0.5) is 0 Å². The quantitative estimate of drug-likeness (QED) is 0.385. The number of ether oxygens (including phenoxy) is 2. The Morgan fingerprint density at radius 2 is 2.00 bits per heavy atom. The van der Waals surface area contributed by atoms with E-state index < -0.39 is 0 Å². The molecule has 1 saturated carbocycles. The number of nitrogens with zero attached hydrogens (tertiary/aromatic N) is 2. The highest BCUT2D eigenvalue weighted by molar-refractivity contribution is 5.81. The molecule has 138 valence electrons. The van der Waals surface area contributed by atoms with Crippen molar-refractivity contribution in [3.63, 3.8) is 0 Å². The Labute approximate surface area is 145 Å². The number of amides is 1. The molecule has 1 unspecified atom stereocenters. The average molecular weight is 340 g/mol. The molecule has 1 atom stereocenters. The van der Waals surface area contributed by atoms with Gasteiger partial charge < -0.3 is 25.0 Å². The largest absolute Gasteiger partial charge is 0.382 e. The van der Waals surface area contributed by atoms with Crippen molar-refractivity contribution in [3.05, 3.63) is 0 Å². The lowest BCUT2D eigenvalue weighted by Gasteiger charge is -2.21. The number of carbonyl (C=O) groups excluding carboxylic acids is 1. The summed E-state index contributed by atoms with van der Waals surface area (Å²) in [5.74, 6) is 1.39. The predicted molar refractivity (Wildman–Crippen MR) is 94.1 cm³/mol. The maximum absolute atomic E-state index is 12.5. The van der Waals surface area contributed by atoms with Gasteiger partial charge in [0.1, 0.15) is 0 Å². The van der Waals surface area contributed by atoms with E-state index in [4.69, 9.17) is 9.47 Å². The molecule has 0 aromatic rings. The number of hydrogen-bond donors (Lipinski definition) is 2. The summed E-state index contributed by atoms with van der Waals surface area (Å²) in [5, 5.41) is 6.65. The molecule has 1 aliphatic carbocycles. The summed E-state index contributed by atoms with van der Waals surface area (Å²) in [5.41, 5.74) is 0. The van der Waals surface area contributed by atoms with E-state index in [0.29, 0.717) is 32.3 Å². The Kier molecular flexibility index (Phi) is 8.32. The Balaban J connectivity index is 1.64.